The van der Waals surface area contributed by atoms with E-state index in [-0.39, 0.29) is 11.8 Å². The van der Waals surface area contributed by atoms with Crippen molar-refractivity contribution < 1.29 is 13.2 Å². The first kappa shape index (κ1) is 15.9. The van der Waals surface area contributed by atoms with Crippen molar-refractivity contribution in [3.05, 3.63) is 11.8 Å². The summed E-state index contributed by atoms with van der Waals surface area (Å²) in [5.41, 5.74) is -0.952. The standard InChI is InChI=1S/C11H17F3N4S/c1-7(6-19-3)5-16-9-4-8(11(12,13)14)17-10(15-2)18-9/h4,7H,5-6H2,1-3H3,(H2,15,16,17,18). The van der Waals surface area contributed by atoms with E-state index in [1.165, 1.54) is 7.05 Å². The van der Waals surface area contributed by atoms with Gasteiger partial charge in [0.05, 0.1) is 0 Å². The maximum atomic E-state index is 12.7. The number of nitrogens with zero attached hydrogens (tertiary/aromatic N) is 2. The number of thioether (sulfide) groups is 1. The largest absolute Gasteiger partial charge is 0.433 e. The van der Waals surface area contributed by atoms with Crippen molar-refractivity contribution in [1.29, 1.82) is 0 Å². The summed E-state index contributed by atoms with van der Waals surface area (Å²) in [5.74, 6) is 1.41. The van der Waals surface area contributed by atoms with E-state index in [2.05, 4.69) is 20.6 Å². The molecule has 1 aromatic rings. The van der Waals surface area contributed by atoms with E-state index in [4.69, 9.17) is 0 Å². The lowest BCUT2D eigenvalue weighted by molar-refractivity contribution is -0.141. The molecule has 0 aliphatic heterocycles. The number of hydrogen-bond donors (Lipinski definition) is 2. The van der Waals surface area contributed by atoms with Crippen LogP contribution in [0.5, 0.6) is 0 Å². The van der Waals surface area contributed by atoms with E-state index in [0.717, 1.165) is 11.8 Å². The van der Waals surface area contributed by atoms with Crippen LogP contribution in [0.25, 0.3) is 0 Å². The molecule has 0 aliphatic carbocycles. The number of anilines is 2. The van der Waals surface area contributed by atoms with Gasteiger partial charge in [-0.2, -0.15) is 29.9 Å². The van der Waals surface area contributed by atoms with Crippen molar-refractivity contribution in [2.75, 3.05) is 36.2 Å². The second-order valence-electron chi connectivity index (χ2n) is 4.15. The smallest absolute Gasteiger partial charge is 0.370 e. The maximum absolute atomic E-state index is 12.7. The van der Waals surface area contributed by atoms with Crippen molar-refractivity contribution in [1.82, 2.24) is 9.97 Å². The molecular formula is C11H17F3N4S. The summed E-state index contributed by atoms with van der Waals surface area (Å²) in [6.07, 6.45) is -2.49. The van der Waals surface area contributed by atoms with E-state index in [0.29, 0.717) is 12.5 Å². The van der Waals surface area contributed by atoms with Gasteiger partial charge in [0, 0.05) is 19.7 Å². The Kier molecular flexibility index (Phi) is 5.71. The van der Waals surface area contributed by atoms with Crippen LogP contribution >= 0.6 is 11.8 Å². The van der Waals surface area contributed by atoms with E-state index in [9.17, 15) is 13.2 Å². The zero-order valence-corrected chi connectivity index (χ0v) is 11.8. The van der Waals surface area contributed by atoms with Crippen molar-refractivity contribution in [3.8, 4) is 0 Å². The Morgan fingerprint density at radius 1 is 1.37 bits per heavy atom. The van der Waals surface area contributed by atoms with Gasteiger partial charge in [-0.25, -0.2) is 4.98 Å². The highest BCUT2D eigenvalue weighted by Crippen LogP contribution is 2.29. The van der Waals surface area contributed by atoms with Gasteiger partial charge in [0.1, 0.15) is 5.82 Å². The molecule has 0 saturated heterocycles. The minimum Gasteiger partial charge on any atom is -0.370 e. The highest BCUT2D eigenvalue weighted by Gasteiger charge is 2.33. The number of aromatic nitrogens is 2. The number of rotatable bonds is 6. The van der Waals surface area contributed by atoms with Gasteiger partial charge in [0.25, 0.3) is 0 Å². The molecule has 8 heteroatoms. The van der Waals surface area contributed by atoms with Crippen LogP contribution in [0.3, 0.4) is 0 Å². The van der Waals surface area contributed by atoms with Crippen LogP contribution in [0, 0.1) is 5.92 Å². The topological polar surface area (TPSA) is 49.8 Å². The molecule has 0 saturated carbocycles. The Morgan fingerprint density at radius 3 is 2.58 bits per heavy atom. The molecule has 0 aromatic carbocycles. The lowest BCUT2D eigenvalue weighted by Crippen LogP contribution is -2.17. The molecule has 0 radical (unpaired) electrons. The summed E-state index contributed by atoms with van der Waals surface area (Å²) >= 11 is 1.69. The Bertz CT molecular complexity index is 411. The predicted octanol–water partition coefficient (Wildman–Crippen LogP) is 2.95. The van der Waals surface area contributed by atoms with Crippen molar-refractivity contribution in [2.45, 2.75) is 13.1 Å². The summed E-state index contributed by atoms with van der Waals surface area (Å²) in [6, 6.07) is 0.923. The third kappa shape index (κ3) is 5.14. The van der Waals surface area contributed by atoms with Gasteiger partial charge in [-0.15, -0.1) is 0 Å². The summed E-state index contributed by atoms with van der Waals surface area (Å²) in [6.45, 7) is 2.59. The van der Waals surface area contributed by atoms with Gasteiger partial charge in [-0.3, -0.25) is 0 Å². The first-order chi connectivity index (χ1) is 8.86. The molecule has 1 rings (SSSR count). The van der Waals surface area contributed by atoms with Crippen LogP contribution in [-0.2, 0) is 6.18 Å². The Hall–Kier alpha value is -1.18. The third-order valence-electron chi connectivity index (χ3n) is 2.32. The Morgan fingerprint density at radius 2 is 2.05 bits per heavy atom. The van der Waals surface area contributed by atoms with Gasteiger partial charge < -0.3 is 10.6 Å². The van der Waals surface area contributed by atoms with Crippen LogP contribution in [0.1, 0.15) is 12.6 Å². The first-order valence-corrected chi connectivity index (χ1v) is 7.13. The quantitative estimate of drug-likeness (QED) is 0.845. The fourth-order valence-electron chi connectivity index (χ4n) is 1.42. The molecule has 1 aromatic heterocycles. The molecule has 0 bridgehead atoms. The van der Waals surface area contributed by atoms with Crippen LogP contribution in [0.2, 0.25) is 0 Å². The van der Waals surface area contributed by atoms with Gasteiger partial charge in [-0.1, -0.05) is 6.92 Å². The molecule has 1 heterocycles. The van der Waals surface area contributed by atoms with Gasteiger partial charge >= 0.3 is 6.18 Å². The normalized spacial score (nSPS) is 13.2. The molecular weight excluding hydrogens is 277 g/mol. The Labute approximate surface area is 114 Å². The van der Waals surface area contributed by atoms with Crippen LogP contribution < -0.4 is 10.6 Å². The highest BCUT2D eigenvalue weighted by molar-refractivity contribution is 7.98. The van der Waals surface area contributed by atoms with E-state index in [1.54, 1.807) is 11.8 Å². The van der Waals surface area contributed by atoms with Crippen LogP contribution in [0.4, 0.5) is 24.9 Å². The summed E-state index contributed by atoms with van der Waals surface area (Å²) in [7, 11) is 1.48. The van der Waals surface area contributed by atoms with Crippen LogP contribution in [-0.4, -0.2) is 35.6 Å². The molecule has 2 N–H and O–H groups in total. The summed E-state index contributed by atoms with van der Waals surface area (Å²) in [5, 5.41) is 5.44. The lowest BCUT2D eigenvalue weighted by Gasteiger charge is -2.14. The molecule has 108 valence electrons. The maximum Gasteiger partial charge on any atom is 0.433 e. The van der Waals surface area contributed by atoms with Crippen molar-refractivity contribution in [2.24, 2.45) is 5.92 Å². The van der Waals surface area contributed by atoms with Gasteiger partial charge in [0.2, 0.25) is 5.95 Å². The zero-order chi connectivity index (χ0) is 14.5. The minimum atomic E-state index is -4.48. The van der Waals surface area contributed by atoms with E-state index >= 15 is 0 Å². The number of halogens is 3. The van der Waals surface area contributed by atoms with E-state index in [1.807, 2.05) is 13.2 Å². The first-order valence-electron chi connectivity index (χ1n) is 5.73. The third-order valence-corrected chi connectivity index (χ3v) is 3.23. The summed E-state index contributed by atoms with van der Waals surface area (Å²) < 4.78 is 38.0. The minimum absolute atomic E-state index is 0.0464. The number of nitrogens with one attached hydrogen (secondary N) is 2. The van der Waals surface area contributed by atoms with Crippen molar-refractivity contribution in [3.63, 3.8) is 0 Å². The zero-order valence-electron chi connectivity index (χ0n) is 11.0. The molecule has 19 heavy (non-hydrogen) atoms. The van der Waals surface area contributed by atoms with E-state index < -0.39 is 11.9 Å². The highest BCUT2D eigenvalue weighted by atomic mass is 32.2. The number of hydrogen-bond acceptors (Lipinski definition) is 5. The van der Waals surface area contributed by atoms with Crippen molar-refractivity contribution >= 4 is 23.5 Å². The monoisotopic (exact) mass is 294 g/mol. The number of alkyl halides is 3. The summed E-state index contributed by atoms with van der Waals surface area (Å²) in [4.78, 5) is 7.35. The van der Waals surface area contributed by atoms with Gasteiger partial charge in [0.15, 0.2) is 5.69 Å². The molecule has 0 spiro atoms. The molecule has 0 aliphatic rings. The second-order valence-corrected chi connectivity index (χ2v) is 5.06. The SMILES string of the molecule is CNc1nc(NCC(C)CSC)cc(C(F)(F)F)n1. The molecule has 0 amide bonds. The fraction of sp³-hybridized carbons (Fsp3) is 0.636. The molecule has 0 fully saturated rings. The molecule has 1 unspecified atom stereocenters. The predicted molar refractivity (Wildman–Crippen MR) is 72.6 cm³/mol. The molecule has 1 atom stereocenters. The average Bonchev–Trinajstić information content (AvgIpc) is 2.35. The Balaban J connectivity index is 2.83. The van der Waals surface area contributed by atoms with Crippen LogP contribution in [0.15, 0.2) is 6.07 Å². The average molecular weight is 294 g/mol. The van der Waals surface area contributed by atoms with Gasteiger partial charge in [-0.05, 0) is 17.9 Å². The molecule has 4 nitrogen and oxygen atoms in total. The fourth-order valence-corrected chi connectivity index (χ4v) is 2.10. The lowest BCUT2D eigenvalue weighted by atomic mass is 10.2. The second kappa shape index (κ2) is 6.83.